The molecule has 3 rings (SSSR count). The molecule has 0 spiro atoms. The summed E-state index contributed by atoms with van der Waals surface area (Å²) in [6.45, 7) is 1.28. The van der Waals surface area contributed by atoms with Crippen LogP contribution in [0.5, 0.6) is 0 Å². The lowest BCUT2D eigenvalue weighted by atomic mass is 9.94. The van der Waals surface area contributed by atoms with Crippen LogP contribution in [0, 0.1) is 5.82 Å². The third-order valence-electron chi connectivity index (χ3n) is 3.29. The normalized spacial score (nSPS) is 23.5. The van der Waals surface area contributed by atoms with Gasteiger partial charge in [-0.2, -0.15) is 4.98 Å². The molecule has 0 saturated carbocycles. The third-order valence-corrected chi connectivity index (χ3v) is 3.29. The predicted octanol–water partition coefficient (Wildman–Crippen LogP) is 1.45. The van der Waals surface area contributed by atoms with Crippen LogP contribution in [-0.2, 0) is 5.60 Å². The van der Waals surface area contributed by atoms with E-state index in [4.69, 9.17) is 4.52 Å². The first-order chi connectivity index (χ1) is 9.17. The highest BCUT2D eigenvalue weighted by atomic mass is 19.1. The molecule has 2 N–H and O–H groups in total. The van der Waals surface area contributed by atoms with Crippen LogP contribution in [0.25, 0.3) is 11.4 Å². The number of hydrogen-bond acceptors (Lipinski definition) is 5. The predicted molar refractivity (Wildman–Crippen MR) is 65.7 cm³/mol. The van der Waals surface area contributed by atoms with E-state index in [1.165, 1.54) is 12.1 Å². The van der Waals surface area contributed by atoms with Gasteiger partial charge in [-0.25, -0.2) is 4.39 Å². The molecule has 100 valence electrons. The van der Waals surface area contributed by atoms with Gasteiger partial charge in [0.1, 0.15) is 5.82 Å². The van der Waals surface area contributed by atoms with Crippen molar-refractivity contribution in [3.8, 4) is 11.4 Å². The Bertz CT molecular complexity index is 562. The van der Waals surface area contributed by atoms with Crippen molar-refractivity contribution in [1.29, 1.82) is 0 Å². The molecule has 0 radical (unpaired) electrons. The van der Waals surface area contributed by atoms with E-state index in [2.05, 4.69) is 15.5 Å². The maximum absolute atomic E-state index is 12.8. The molecule has 2 heterocycles. The van der Waals surface area contributed by atoms with Crippen molar-refractivity contribution >= 4 is 0 Å². The zero-order chi connectivity index (χ0) is 13.3. The quantitative estimate of drug-likeness (QED) is 0.858. The number of β-amino-alcohol motifs (C(OH)–C–C–N with tert-alkyl or cyclic N) is 1. The highest BCUT2D eigenvalue weighted by Gasteiger charge is 2.37. The van der Waals surface area contributed by atoms with E-state index in [0.29, 0.717) is 24.4 Å². The van der Waals surface area contributed by atoms with Crippen LogP contribution in [0.3, 0.4) is 0 Å². The number of nitrogens with zero attached hydrogens (tertiary/aromatic N) is 2. The zero-order valence-electron chi connectivity index (χ0n) is 10.3. The lowest BCUT2D eigenvalue weighted by Crippen LogP contribution is -2.43. The Morgan fingerprint density at radius 2 is 2.11 bits per heavy atom. The van der Waals surface area contributed by atoms with Gasteiger partial charge in [-0.3, -0.25) is 0 Å². The van der Waals surface area contributed by atoms with Crippen molar-refractivity contribution in [2.45, 2.75) is 18.4 Å². The molecule has 1 aliphatic rings. The summed E-state index contributed by atoms with van der Waals surface area (Å²) in [6, 6.07) is 5.82. The van der Waals surface area contributed by atoms with Crippen LogP contribution >= 0.6 is 0 Å². The van der Waals surface area contributed by atoms with Gasteiger partial charge in [-0.1, -0.05) is 5.16 Å². The Hall–Kier alpha value is -1.79. The summed E-state index contributed by atoms with van der Waals surface area (Å²) in [6.07, 6.45) is 1.44. The van der Waals surface area contributed by atoms with E-state index >= 15 is 0 Å². The van der Waals surface area contributed by atoms with Crippen LogP contribution in [0.2, 0.25) is 0 Å². The minimum atomic E-state index is -1.11. The van der Waals surface area contributed by atoms with Crippen molar-refractivity contribution in [3.05, 3.63) is 36.0 Å². The number of piperidine rings is 1. The molecule has 6 heteroatoms. The second-order valence-corrected chi connectivity index (χ2v) is 4.74. The molecule has 5 nitrogen and oxygen atoms in total. The van der Waals surface area contributed by atoms with Crippen LogP contribution < -0.4 is 5.32 Å². The number of nitrogens with one attached hydrogen (secondary N) is 1. The monoisotopic (exact) mass is 263 g/mol. The van der Waals surface area contributed by atoms with Crippen LogP contribution in [0.1, 0.15) is 18.7 Å². The van der Waals surface area contributed by atoms with E-state index in [1.54, 1.807) is 12.1 Å². The van der Waals surface area contributed by atoms with Crippen molar-refractivity contribution in [2.75, 3.05) is 13.1 Å². The average Bonchev–Trinajstić information content (AvgIpc) is 2.91. The Labute approximate surface area is 109 Å². The SMILES string of the molecule is OC1(c2nc(-c3ccc(F)cc3)no2)CCCNC1. The summed E-state index contributed by atoms with van der Waals surface area (Å²) >= 11 is 0. The first-order valence-electron chi connectivity index (χ1n) is 6.21. The minimum Gasteiger partial charge on any atom is -0.379 e. The molecule has 1 unspecified atom stereocenters. The second kappa shape index (κ2) is 4.71. The van der Waals surface area contributed by atoms with Gasteiger partial charge in [0.15, 0.2) is 5.60 Å². The standard InChI is InChI=1S/C13H14FN3O2/c14-10-4-2-9(3-5-10)11-16-12(19-17-11)13(18)6-1-7-15-8-13/h2-5,15,18H,1,6-8H2. The molecular formula is C13H14FN3O2. The van der Waals surface area contributed by atoms with Crippen molar-refractivity contribution < 1.29 is 14.0 Å². The molecule has 1 fully saturated rings. The molecule has 1 aromatic carbocycles. The van der Waals surface area contributed by atoms with Crippen molar-refractivity contribution in [1.82, 2.24) is 15.5 Å². The smallest absolute Gasteiger partial charge is 0.260 e. The zero-order valence-corrected chi connectivity index (χ0v) is 10.3. The molecule has 1 saturated heterocycles. The Morgan fingerprint density at radius 3 is 2.79 bits per heavy atom. The molecule has 1 aliphatic heterocycles. The minimum absolute atomic E-state index is 0.207. The maximum atomic E-state index is 12.8. The fourth-order valence-electron chi connectivity index (χ4n) is 2.20. The fraction of sp³-hybridized carbons (Fsp3) is 0.385. The number of aromatic nitrogens is 2. The largest absolute Gasteiger partial charge is 0.379 e. The first-order valence-corrected chi connectivity index (χ1v) is 6.21. The summed E-state index contributed by atoms with van der Waals surface area (Å²) < 4.78 is 18.0. The van der Waals surface area contributed by atoms with Gasteiger partial charge in [0.05, 0.1) is 0 Å². The number of rotatable bonds is 2. The molecule has 2 aromatic rings. The summed E-state index contributed by atoms with van der Waals surface area (Å²) in [5.41, 5.74) is -0.451. The number of benzene rings is 1. The van der Waals surface area contributed by atoms with E-state index in [9.17, 15) is 9.50 Å². The number of halogens is 1. The molecule has 0 aliphatic carbocycles. The molecule has 1 atom stereocenters. The fourth-order valence-corrected chi connectivity index (χ4v) is 2.20. The van der Waals surface area contributed by atoms with Crippen LogP contribution in [0.15, 0.2) is 28.8 Å². The number of aliphatic hydroxyl groups is 1. The summed E-state index contributed by atoms with van der Waals surface area (Å²) in [5.74, 6) is 0.246. The molecule has 0 amide bonds. The van der Waals surface area contributed by atoms with E-state index < -0.39 is 5.60 Å². The highest BCUT2D eigenvalue weighted by molar-refractivity contribution is 5.53. The first kappa shape index (κ1) is 12.3. The lowest BCUT2D eigenvalue weighted by molar-refractivity contribution is -0.0167. The summed E-state index contributed by atoms with van der Waals surface area (Å²) in [4.78, 5) is 4.22. The summed E-state index contributed by atoms with van der Waals surface area (Å²) in [5, 5.41) is 17.4. The Morgan fingerprint density at radius 1 is 1.32 bits per heavy atom. The topological polar surface area (TPSA) is 71.2 Å². The molecule has 0 bridgehead atoms. The van der Waals surface area contributed by atoms with Gasteiger partial charge in [-0.15, -0.1) is 0 Å². The van der Waals surface area contributed by atoms with Gasteiger partial charge in [0.2, 0.25) is 5.82 Å². The van der Waals surface area contributed by atoms with Gasteiger partial charge in [0.25, 0.3) is 5.89 Å². The van der Waals surface area contributed by atoms with Crippen LogP contribution in [-0.4, -0.2) is 28.3 Å². The molecular weight excluding hydrogens is 249 g/mol. The van der Waals surface area contributed by atoms with E-state index in [-0.39, 0.29) is 11.7 Å². The van der Waals surface area contributed by atoms with E-state index in [1.807, 2.05) is 0 Å². The van der Waals surface area contributed by atoms with Gasteiger partial charge in [0, 0.05) is 12.1 Å². The highest BCUT2D eigenvalue weighted by Crippen LogP contribution is 2.28. The van der Waals surface area contributed by atoms with Gasteiger partial charge < -0.3 is 14.9 Å². The molecule has 1 aromatic heterocycles. The lowest BCUT2D eigenvalue weighted by Gasteiger charge is -2.28. The number of hydrogen-bond donors (Lipinski definition) is 2. The van der Waals surface area contributed by atoms with E-state index in [0.717, 1.165) is 13.0 Å². The average molecular weight is 263 g/mol. The summed E-state index contributed by atoms with van der Waals surface area (Å²) in [7, 11) is 0. The Balaban J connectivity index is 1.88. The Kier molecular flexibility index (Phi) is 3.04. The maximum Gasteiger partial charge on any atom is 0.260 e. The molecule has 19 heavy (non-hydrogen) atoms. The van der Waals surface area contributed by atoms with Gasteiger partial charge in [-0.05, 0) is 43.7 Å². The third kappa shape index (κ3) is 2.36. The van der Waals surface area contributed by atoms with Crippen molar-refractivity contribution in [3.63, 3.8) is 0 Å². The van der Waals surface area contributed by atoms with Crippen molar-refractivity contribution in [2.24, 2.45) is 0 Å². The second-order valence-electron chi connectivity index (χ2n) is 4.74. The van der Waals surface area contributed by atoms with Crippen LogP contribution in [0.4, 0.5) is 4.39 Å². The van der Waals surface area contributed by atoms with Gasteiger partial charge >= 0.3 is 0 Å².